The van der Waals surface area contributed by atoms with Crippen molar-refractivity contribution in [1.29, 1.82) is 0 Å². The highest BCUT2D eigenvalue weighted by Crippen LogP contribution is 2.36. The van der Waals surface area contributed by atoms with Gasteiger partial charge >= 0.3 is 0 Å². The van der Waals surface area contributed by atoms with E-state index in [-0.39, 0.29) is 11.8 Å². The number of benzene rings is 3. The lowest BCUT2D eigenvalue weighted by molar-refractivity contribution is -0.134. The summed E-state index contributed by atoms with van der Waals surface area (Å²) < 4.78 is 6.17. The Morgan fingerprint density at radius 2 is 1.63 bits per heavy atom. The maximum Gasteiger partial charge on any atom is 0.255 e. The summed E-state index contributed by atoms with van der Waals surface area (Å²) in [4.78, 5) is 30.3. The van der Waals surface area contributed by atoms with Crippen LogP contribution in [0.4, 0.5) is 0 Å². The molecule has 1 heterocycles. The third-order valence-electron chi connectivity index (χ3n) is 6.56. The molecular weight excluding hydrogens is 460 g/mol. The Balaban J connectivity index is 1.53. The van der Waals surface area contributed by atoms with Crippen molar-refractivity contribution in [3.05, 3.63) is 101 Å². The van der Waals surface area contributed by atoms with E-state index in [9.17, 15) is 9.59 Å². The molecule has 3 aromatic carbocycles. The smallest absolute Gasteiger partial charge is 0.255 e. The summed E-state index contributed by atoms with van der Waals surface area (Å²) in [6.45, 7) is 1.96. The van der Waals surface area contributed by atoms with E-state index in [1.54, 1.807) is 17.0 Å². The van der Waals surface area contributed by atoms with Gasteiger partial charge in [-0.3, -0.25) is 9.59 Å². The molecule has 0 N–H and O–H groups in total. The monoisotopic (exact) mass is 490 g/mol. The fraction of sp³-hybridized carbons (Fsp3) is 0.310. The number of halogens is 1. The van der Waals surface area contributed by atoms with Gasteiger partial charge in [-0.2, -0.15) is 0 Å². The quantitative estimate of drug-likeness (QED) is 0.407. The van der Waals surface area contributed by atoms with Crippen molar-refractivity contribution < 1.29 is 14.3 Å². The van der Waals surface area contributed by atoms with Crippen molar-refractivity contribution in [1.82, 2.24) is 9.80 Å². The number of rotatable bonds is 8. The lowest BCUT2D eigenvalue weighted by Crippen LogP contribution is -2.50. The first kappa shape index (κ1) is 24.8. The van der Waals surface area contributed by atoms with Crippen LogP contribution >= 0.6 is 11.6 Å². The largest absolute Gasteiger partial charge is 0.493 e. The third-order valence-corrected chi connectivity index (χ3v) is 6.89. The summed E-state index contributed by atoms with van der Waals surface area (Å²) in [5, 5.41) is 0.438. The van der Waals surface area contributed by atoms with Gasteiger partial charge in [0.05, 0.1) is 17.2 Å². The average molecular weight is 491 g/mol. The number of carbonyl (C=O) groups is 2. The van der Waals surface area contributed by atoms with Crippen molar-refractivity contribution in [2.24, 2.45) is 5.41 Å². The van der Waals surface area contributed by atoms with Crippen molar-refractivity contribution in [2.75, 3.05) is 26.7 Å². The zero-order valence-corrected chi connectivity index (χ0v) is 20.8. The number of ether oxygens (including phenoxy) is 1. The normalized spacial score (nSPS) is 17.6. The molecule has 2 amide bonds. The van der Waals surface area contributed by atoms with Crippen LogP contribution in [-0.4, -0.2) is 48.4 Å². The molecule has 3 aromatic rings. The maximum absolute atomic E-state index is 13.4. The van der Waals surface area contributed by atoms with Gasteiger partial charge in [-0.15, -0.1) is 0 Å². The van der Waals surface area contributed by atoms with Crippen LogP contribution in [0.1, 0.15) is 35.2 Å². The minimum Gasteiger partial charge on any atom is -0.493 e. The Kier molecular flexibility index (Phi) is 8.09. The van der Waals surface area contributed by atoms with Crippen LogP contribution in [0.15, 0.2) is 84.9 Å². The zero-order valence-electron chi connectivity index (χ0n) is 20.0. The SMILES string of the molecule is CN(Cc1ccccc1)C(=O)C[C@@]1(COc2ccccc2)CCCN(C(=O)c2ccccc2Cl)C1. The topological polar surface area (TPSA) is 49.9 Å². The molecule has 0 spiro atoms. The van der Waals surface area contributed by atoms with Gasteiger partial charge in [0.2, 0.25) is 5.91 Å². The minimum atomic E-state index is -0.493. The average Bonchev–Trinajstić information content (AvgIpc) is 2.89. The highest BCUT2D eigenvalue weighted by atomic mass is 35.5. The number of piperidine rings is 1. The van der Waals surface area contributed by atoms with E-state index in [0.29, 0.717) is 43.2 Å². The van der Waals surface area contributed by atoms with E-state index in [4.69, 9.17) is 16.3 Å². The van der Waals surface area contributed by atoms with E-state index < -0.39 is 5.41 Å². The van der Waals surface area contributed by atoms with E-state index in [1.807, 2.05) is 84.7 Å². The Morgan fingerprint density at radius 1 is 0.971 bits per heavy atom. The highest BCUT2D eigenvalue weighted by molar-refractivity contribution is 6.33. The molecule has 1 saturated heterocycles. The molecule has 1 aliphatic rings. The molecule has 182 valence electrons. The van der Waals surface area contributed by atoms with Crippen LogP contribution in [0.25, 0.3) is 0 Å². The Morgan fingerprint density at radius 3 is 2.34 bits per heavy atom. The van der Waals surface area contributed by atoms with Crippen molar-refractivity contribution in [2.45, 2.75) is 25.8 Å². The number of para-hydroxylation sites is 1. The Labute approximate surface area is 212 Å². The number of hydrogen-bond donors (Lipinski definition) is 0. The van der Waals surface area contributed by atoms with Crippen molar-refractivity contribution >= 4 is 23.4 Å². The molecule has 4 rings (SSSR count). The fourth-order valence-electron chi connectivity index (χ4n) is 4.65. The van der Waals surface area contributed by atoms with Crippen molar-refractivity contribution in [3.63, 3.8) is 0 Å². The maximum atomic E-state index is 13.4. The minimum absolute atomic E-state index is 0.0394. The summed E-state index contributed by atoms with van der Waals surface area (Å²) in [7, 11) is 1.83. The summed E-state index contributed by atoms with van der Waals surface area (Å²) in [5.74, 6) is 0.688. The molecule has 0 saturated carbocycles. The second kappa shape index (κ2) is 11.4. The van der Waals surface area contributed by atoms with Gasteiger partial charge < -0.3 is 14.5 Å². The molecule has 0 unspecified atom stereocenters. The van der Waals surface area contributed by atoms with Gasteiger partial charge in [0.1, 0.15) is 5.75 Å². The van der Waals surface area contributed by atoms with Gasteiger partial charge in [-0.1, -0.05) is 72.3 Å². The van der Waals surface area contributed by atoms with E-state index in [1.165, 1.54) is 0 Å². The molecule has 35 heavy (non-hydrogen) atoms. The Bertz CT molecular complexity index is 1140. The van der Waals surface area contributed by atoms with Gasteiger partial charge in [-0.25, -0.2) is 0 Å². The first-order chi connectivity index (χ1) is 17.0. The van der Waals surface area contributed by atoms with Crippen LogP contribution in [-0.2, 0) is 11.3 Å². The molecule has 0 aromatic heterocycles. The van der Waals surface area contributed by atoms with Crippen LogP contribution in [0.3, 0.4) is 0 Å². The van der Waals surface area contributed by atoms with E-state index in [0.717, 1.165) is 24.2 Å². The van der Waals surface area contributed by atoms with Gasteiger partial charge in [-0.05, 0) is 42.7 Å². The number of amides is 2. The van der Waals surface area contributed by atoms with Crippen molar-refractivity contribution in [3.8, 4) is 5.75 Å². The molecular formula is C29H31ClN2O3. The molecule has 0 aliphatic carbocycles. The molecule has 5 nitrogen and oxygen atoms in total. The standard InChI is InChI=1S/C29H31ClN2O3/c1-31(20-23-11-4-2-5-12-23)27(33)19-29(22-35-24-13-6-3-7-14-24)17-10-18-32(21-29)28(34)25-15-8-9-16-26(25)30/h2-9,11-16H,10,17-22H2,1H3/t29-/m0/s1. The zero-order chi connectivity index (χ0) is 24.7. The van der Waals surface area contributed by atoms with Gasteiger partial charge in [0.25, 0.3) is 5.91 Å². The first-order valence-corrected chi connectivity index (χ1v) is 12.3. The second-order valence-electron chi connectivity index (χ2n) is 9.32. The molecule has 6 heteroatoms. The molecule has 0 bridgehead atoms. The fourth-order valence-corrected chi connectivity index (χ4v) is 4.87. The van der Waals surface area contributed by atoms with E-state index in [2.05, 4.69) is 0 Å². The highest BCUT2D eigenvalue weighted by Gasteiger charge is 2.41. The molecule has 0 radical (unpaired) electrons. The third kappa shape index (κ3) is 6.43. The number of nitrogens with zero attached hydrogens (tertiary/aromatic N) is 2. The summed E-state index contributed by atoms with van der Waals surface area (Å²) in [5.41, 5.74) is 1.08. The number of carbonyl (C=O) groups excluding carboxylic acids is 2. The molecule has 1 aliphatic heterocycles. The summed E-state index contributed by atoms with van der Waals surface area (Å²) >= 11 is 6.32. The van der Waals surface area contributed by atoms with E-state index >= 15 is 0 Å². The predicted octanol–water partition coefficient (Wildman–Crippen LogP) is 5.69. The van der Waals surface area contributed by atoms with Gasteiger partial charge in [0, 0.05) is 38.5 Å². The first-order valence-electron chi connectivity index (χ1n) is 12.0. The number of likely N-dealkylation sites (tertiary alicyclic amines) is 1. The summed E-state index contributed by atoms with van der Waals surface area (Å²) in [6, 6.07) is 26.7. The Hall–Kier alpha value is -3.31. The molecule has 1 fully saturated rings. The lowest BCUT2D eigenvalue weighted by atomic mass is 9.77. The summed E-state index contributed by atoms with van der Waals surface area (Å²) in [6.07, 6.45) is 1.90. The van der Waals surface area contributed by atoms with Crippen LogP contribution in [0.5, 0.6) is 5.75 Å². The van der Waals surface area contributed by atoms with Crippen LogP contribution < -0.4 is 4.74 Å². The van der Waals surface area contributed by atoms with Crippen LogP contribution in [0, 0.1) is 5.41 Å². The second-order valence-corrected chi connectivity index (χ2v) is 9.73. The predicted molar refractivity (Wildman–Crippen MR) is 138 cm³/mol. The molecule has 1 atom stereocenters. The van der Waals surface area contributed by atoms with Gasteiger partial charge in [0.15, 0.2) is 0 Å². The van der Waals surface area contributed by atoms with Crippen LogP contribution in [0.2, 0.25) is 5.02 Å². The number of hydrogen-bond acceptors (Lipinski definition) is 3. The lowest BCUT2D eigenvalue weighted by Gasteiger charge is -2.43.